The SMILES string of the molecule is COc1ncccc1-c1nc(-c2cccc(N)c2)no1. The third kappa shape index (κ3) is 2.18. The highest BCUT2D eigenvalue weighted by Gasteiger charge is 2.15. The van der Waals surface area contributed by atoms with E-state index >= 15 is 0 Å². The zero-order valence-corrected chi connectivity index (χ0v) is 10.8. The molecule has 0 aliphatic carbocycles. The second-order valence-corrected chi connectivity index (χ2v) is 4.11. The van der Waals surface area contributed by atoms with Crippen LogP contribution in [0.5, 0.6) is 5.88 Å². The number of pyridine rings is 1. The van der Waals surface area contributed by atoms with E-state index in [-0.39, 0.29) is 0 Å². The van der Waals surface area contributed by atoms with Gasteiger partial charge in [-0.05, 0) is 24.3 Å². The van der Waals surface area contributed by atoms with Gasteiger partial charge in [-0.25, -0.2) is 4.98 Å². The number of benzene rings is 1. The lowest BCUT2D eigenvalue weighted by Gasteiger charge is -2.01. The minimum absolute atomic E-state index is 0.354. The normalized spacial score (nSPS) is 10.4. The Morgan fingerprint density at radius 3 is 2.90 bits per heavy atom. The van der Waals surface area contributed by atoms with Crippen molar-refractivity contribution >= 4 is 5.69 Å². The van der Waals surface area contributed by atoms with Crippen LogP contribution in [0, 0.1) is 0 Å². The van der Waals surface area contributed by atoms with Gasteiger partial charge in [0.15, 0.2) is 0 Å². The van der Waals surface area contributed by atoms with E-state index in [4.69, 9.17) is 15.0 Å². The summed E-state index contributed by atoms with van der Waals surface area (Å²) in [5, 5.41) is 3.95. The molecule has 0 radical (unpaired) electrons. The average Bonchev–Trinajstić information content (AvgIpc) is 2.97. The van der Waals surface area contributed by atoms with E-state index in [0.29, 0.717) is 28.8 Å². The summed E-state index contributed by atoms with van der Waals surface area (Å²) in [5.41, 5.74) is 7.83. The summed E-state index contributed by atoms with van der Waals surface area (Å²) in [7, 11) is 1.54. The number of hydrogen-bond donors (Lipinski definition) is 1. The molecule has 0 aliphatic rings. The van der Waals surface area contributed by atoms with Crippen LogP contribution >= 0.6 is 0 Å². The number of anilines is 1. The minimum Gasteiger partial charge on any atom is -0.480 e. The molecule has 0 saturated heterocycles. The van der Waals surface area contributed by atoms with Crippen molar-refractivity contribution < 1.29 is 9.26 Å². The topological polar surface area (TPSA) is 87.1 Å². The molecule has 2 N–H and O–H groups in total. The van der Waals surface area contributed by atoms with Crippen molar-refractivity contribution in [2.24, 2.45) is 0 Å². The number of nitrogens with zero attached hydrogens (tertiary/aromatic N) is 3. The van der Waals surface area contributed by atoms with Gasteiger partial charge in [0, 0.05) is 17.4 Å². The first kappa shape index (κ1) is 12.2. The maximum atomic E-state index is 5.74. The summed E-state index contributed by atoms with van der Waals surface area (Å²) < 4.78 is 10.4. The Hall–Kier alpha value is -2.89. The lowest BCUT2D eigenvalue weighted by Crippen LogP contribution is -1.91. The molecular weight excluding hydrogens is 256 g/mol. The van der Waals surface area contributed by atoms with Gasteiger partial charge in [-0.1, -0.05) is 17.3 Å². The van der Waals surface area contributed by atoms with Gasteiger partial charge in [0.25, 0.3) is 5.89 Å². The van der Waals surface area contributed by atoms with E-state index in [9.17, 15) is 0 Å². The number of nitrogen functional groups attached to an aromatic ring is 1. The summed E-state index contributed by atoms with van der Waals surface area (Å²) in [6.07, 6.45) is 1.64. The van der Waals surface area contributed by atoms with Crippen molar-refractivity contribution in [3.8, 4) is 28.7 Å². The number of hydrogen-bond acceptors (Lipinski definition) is 6. The second-order valence-electron chi connectivity index (χ2n) is 4.11. The fraction of sp³-hybridized carbons (Fsp3) is 0.0714. The lowest BCUT2D eigenvalue weighted by molar-refractivity contribution is 0.392. The molecule has 0 aliphatic heterocycles. The molecule has 2 aromatic heterocycles. The summed E-state index contributed by atoms with van der Waals surface area (Å²) >= 11 is 0. The van der Waals surface area contributed by atoms with Crippen LogP contribution in [0.1, 0.15) is 0 Å². The fourth-order valence-corrected chi connectivity index (χ4v) is 1.84. The molecule has 0 saturated carbocycles. The van der Waals surface area contributed by atoms with Crippen LogP contribution in [-0.4, -0.2) is 22.2 Å². The molecule has 6 heteroatoms. The van der Waals surface area contributed by atoms with Crippen molar-refractivity contribution in [1.82, 2.24) is 15.1 Å². The highest BCUT2D eigenvalue weighted by atomic mass is 16.5. The lowest BCUT2D eigenvalue weighted by atomic mass is 10.2. The summed E-state index contributed by atoms with van der Waals surface area (Å²) in [6.45, 7) is 0. The predicted octanol–water partition coefficient (Wildman–Crippen LogP) is 2.39. The summed E-state index contributed by atoms with van der Waals surface area (Å²) in [6, 6.07) is 10.9. The number of nitrogens with two attached hydrogens (primary N) is 1. The Morgan fingerprint density at radius 2 is 2.10 bits per heavy atom. The summed E-state index contributed by atoms with van der Waals surface area (Å²) in [4.78, 5) is 8.45. The van der Waals surface area contributed by atoms with Gasteiger partial charge < -0.3 is 15.0 Å². The van der Waals surface area contributed by atoms with Crippen LogP contribution in [0.4, 0.5) is 5.69 Å². The standard InChI is InChI=1S/C14H12N4O2/c1-19-13-11(6-3-7-16-13)14-17-12(18-20-14)9-4-2-5-10(15)8-9/h2-8H,15H2,1H3. The van der Waals surface area contributed by atoms with E-state index in [2.05, 4.69) is 15.1 Å². The molecule has 0 fully saturated rings. The van der Waals surface area contributed by atoms with Gasteiger partial charge in [-0.15, -0.1) is 0 Å². The zero-order valence-electron chi connectivity index (χ0n) is 10.8. The van der Waals surface area contributed by atoms with E-state index in [1.807, 2.05) is 18.2 Å². The van der Waals surface area contributed by atoms with Gasteiger partial charge in [0.2, 0.25) is 11.7 Å². The van der Waals surface area contributed by atoms with Crippen LogP contribution in [0.15, 0.2) is 47.1 Å². The van der Waals surface area contributed by atoms with Crippen molar-refractivity contribution in [1.29, 1.82) is 0 Å². The van der Waals surface area contributed by atoms with Crippen molar-refractivity contribution in [2.45, 2.75) is 0 Å². The summed E-state index contributed by atoms with van der Waals surface area (Å²) in [5.74, 6) is 1.26. The number of ether oxygens (including phenoxy) is 1. The minimum atomic E-state index is 0.354. The Kier molecular flexibility index (Phi) is 3.04. The predicted molar refractivity (Wildman–Crippen MR) is 73.9 cm³/mol. The van der Waals surface area contributed by atoms with Crippen LogP contribution in [-0.2, 0) is 0 Å². The molecule has 20 heavy (non-hydrogen) atoms. The largest absolute Gasteiger partial charge is 0.480 e. The Bertz CT molecular complexity index is 739. The average molecular weight is 268 g/mol. The van der Waals surface area contributed by atoms with E-state index < -0.39 is 0 Å². The first-order valence-electron chi connectivity index (χ1n) is 5.97. The molecule has 0 atom stereocenters. The van der Waals surface area contributed by atoms with E-state index in [1.165, 1.54) is 0 Å². The number of methoxy groups -OCH3 is 1. The van der Waals surface area contributed by atoms with Gasteiger partial charge in [0.1, 0.15) is 5.56 Å². The first-order valence-corrected chi connectivity index (χ1v) is 5.97. The number of rotatable bonds is 3. The molecule has 100 valence electrons. The highest BCUT2D eigenvalue weighted by molar-refractivity contribution is 5.65. The molecule has 2 heterocycles. The van der Waals surface area contributed by atoms with Crippen LogP contribution in [0.2, 0.25) is 0 Å². The fourth-order valence-electron chi connectivity index (χ4n) is 1.84. The van der Waals surface area contributed by atoms with Crippen molar-refractivity contribution in [2.75, 3.05) is 12.8 Å². The quantitative estimate of drug-likeness (QED) is 0.734. The van der Waals surface area contributed by atoms with Gasteiger partial charge in [-0.2, -0.15) is 4.98 Å². The highest BCUT2D eigenvalue weighted by Crippen LogP contribution is 2.28. The first-order chi connectivity index (χ1) is 9.78. The number of aromatic nitrogens is 3. The van der Waals surface area contributed by atoms with Crippen molar-refractivity contribution in [3.05, 3.63) is 42.6 Å². The smallest absolute Gasteiger partial charge is 0.263 e. The molecule has 1 aromatic carbocycles. The van der Waals surface area contributed by atoms with Crippen LogP contribution in [0.3, 0.4) is 0 Å². The van der Waals surface area contributed by atoms with Crippen LogP contribution in [0.25, 0.3) is 22.8 Å². The van der Waals surface area contributed by atoms with Gasteiger partial charge in [-0.3, -0.25) is 0 Å². The van der Waals surface area contributed by atoms with Gasteiger partial charge in [0.05, 0.1) is 7.11 Å². The molecule has 0 spiro atoms. The maximum Gasteiger partial charge on any atom is 0.263 e. The molecular formula is C14H12N4O2. The molecule has 0 amide bonds. The third-order valence-corrected chi connectivity index (χ3v) is 2.77. The Balaban J connectivity index is 2.02. The Morgan fingerprint density at radius 1 is 1.20 bits per heavy atom. The van der Waals surface area contributed by atoms with Gasteiger partial charge >= 0.3 is 0 Å². The molecule has 3 rings (SSSR count). The second kappa shape index (κ2) is 5.00. The molecule has 3 aromatic rings. The zero-order chi connectivity index (χ0) is 13.9. The Labute approximate surface area is 115 Å². The molecule has 6 nitrogen and oxygen atoms in total. The molecule has 0 unspecified atom stereocenters. The monoisotopic (exact) mass is 268 g/mol. The van der Waals surface area contributed by atoms with E-state index in [1.54, 1.807) is 31.5 Å². The molecule has 0 bridgehead atoms. The van der Waals surface area contributed by atoms with Crippen LogP contribution < -0.4 is 10.5 Å². The third-order valence-electron chi connectivity index (χ3n) is 2.77. The maximum absolute atomic E-state index is 5.74. The van der Waals surface area contributed by atoms with Crippen molar-refractivity contribution in [3.63, 3.8) is 0 Å². The van der Waals surface area contributed by atoms with E-state index in [0.717, 1.165) is 5.56 Å².